The number of carbonyl (C=O) groups excluding carboxylic acids is 2. The minimum absolute atomic E-state index is 0.0477. The van der Waals surface area contributed by atoms with Gasteiger partial charge in [0.1, 0.15) is 5.78 Å². The zero-order chi connectivity index (χ0) is 20.7. The van der Waals surface area contributed by atoms with Crippen LogP contribution in [0.2, 0.25) is 0 Å². The van der Waals surface area contributed by atoms with Gasteiger partial charge in [-0.2, -0.15) is 0 Å². The van der Waals surface area contributed by atoms with Gasteiger partial charge in [-0.1, -0.05) is 72.8 Å². The summed E-state index contributed by atoms with van der Waals surface area (Å²) in [5.41, 5.74) is 3.67. The number of fused-ring (bicyclic) bond motifs is 3. The fourth-order valence-corrected chi connectivity index (χ4v) is 4.91. The lowest BCUT2D eigenvalue weighted by Crippen LogP contribution is -2.49. The normalized spacial score (nSPS) is 22.1. The van der Waals surface area contributed by atoms with Crippen molar-refractivity contribution >= 4 is 17.4 Å². The molecule has 0 radical (unpaired) electrons. The lowest BCUT2D eigenvalue weighted by Gasteiger charge is -2.41. The summed E-state index contributed by atoms with van der Waals surface area (Å²) in [7, 11) is 0. The average molecular weight is 397 g/mol. The van der Waals surface area contributed by atoms with E-state index < -0.39 is 5.60 Å². The van der Waals surface area contributed by atoms with Crippen molar-refractivity contribution < 1.29 is 14.3 Å². The van der Waals surface area contributed by atoms with Crippen LogP contribution < -0.4 is 4.90 Å². The van der Waals surface area contributed by atoms with Crippen LogP contribution in [0.3, 0.4) is 0 Å². The molecule has 1 spiro atoms. The largest absolute Gasteiger partial charge is 0.355 e. The summed E-state index contributed by atoms with van der Waals surface area (Å²) in [4.78, 5) is 28.1. The van der Waals surface area contributed by atoms with Gasteiger partial charge in [-0.15, -0.1) is 0 Å². The molecule has 2 atom stereocenters. The quantitative estimate of drug-likeness (QED) is 0.640. The lowest BCUT2D eigenvalue weighted by molar-refractivity contribution is -0.154. The molecule has 0 saturated carbocycles. The molecule has 0 fully saturated rings. The van der Waals surface area contributed by atoms with E-state index in [0.717, 1.165) is 27.9 Å². The molecule has 2 aliphatic rings. The molecule has 0 N–H and O–H groups in total. The Morgan fingerprint density at radius 1 is 1.00 bits per heavy atom. The van der Waals surface area contributed by atoms with Crippen molar-refractivity contribution in [3.63, 3.8) is 0 Å². The Morgan fingerprint density at radius 2 is 1.70 bits per heavy atom. The molecule has 0 saturated heterocycles. The van der Waals surface area contributed by atoms with Crippen LogP contribution in [0.5, 0.6) is 0 Å². The van der Waals surface area contributed by atoms with E-state index >= 15 is 0 Å². The second kappa shape index (κ2) is 7.22. The number of amides is 1. The Balaban J connectivity index is 1.67. The number of ketones is 1. The third kappa shape index (κ3) is 2.79. The molecular formula is C26H23NO3. The second-order valence-electron chi connectivity index (χ2n) is 8.08. The number of anilines is 1. The predicted molar refractivity (Wildman–Crippen MR) is 115 cm³/mol. The molecule has 2 aliphatic heterocycles. The standard InChI is InChI=1S/C26H23NO3/c1-18(28)15-23-21-12-6-5-11-20(21)17-30-26(23)22-13-7-8-14-24(22)27(25(26)29)16-19-9-3-2-4-10-19/h2-14,23H,15-17H2,1H3/t23-,26-/m1/s1. The summed E-state index contributed by atoms with van der Waals surface area (Å²) in [5.74, 6) is -0.394. The predicted octanol–water partition coefficient (Wildman–Crippen LogP) is 4.72. The zero-order valence-corrected chi connectivity index (χ0v) is 16.9. The van der Waals surface area contributed by atoms with E-state index in [1.165, 1.54) is 0 Å². The Labute approximate surface area is 176 Å². The van der Waals surface area contributed by atoms with Gasteiger partial charge < -0.3 is 14.4 Å². The molecule has 0 aromatic heterocycles. The number of para-hydroxylation sites is 1. The summed E-state index contributed by atoms with van der Waals surface area (Å²) in [5, 5.41) is 0. The van der Waals surface area contributed by atoms with Gasteiger partial charge >= 0.3 is 0 Å². The Morgan fingerprint density at radius 3 is 2.50 bits per heavy atom. The van der Waals surface area contributed by atoms with E-state index in [1.54, 1.807) is 6.92 Å². The number of Topliss-reactive ketones (excluding diaryl/α,β-unsaturated/α-hetero) is 1. The third-order valence-corrected chi connectivity index (χ3v) is 6.21. The highest BCUT2D eigenvalue weighted by Crippen LogP contribution is 2.55. The molecule has 5 rings (SSSR count). The average Bonchev–Trinajstić information content (AvgIpc) is 3.00. The smallest absolute Gasteiger partial charge is 0.264 e. The minimum atomic E-state index is -1.18. The molecule has 0 bridgehead atoms. The monoisotopic (exact) mass is 397 g/mol. The molecule has 4 nitrogen and oxygen atoms in total. The molecule has 1 amide bonds. The molecule has 3 aromatic carbocycles. The van der Waals surface area contributed by atoms with Crippen LogP contribution in [0, 0.1) is 0 Å². The summed E-state index contributed by atoms with van der Waals surface area (Å²) in [6.07, 6.45) is 0.260. The molecule has 30 heavy (non-hydrogen) atoms. The van der Waals surface area contributed by atoms with E-state index in [-0.39, 0.29) is 24.0 Å². The molecule has 0 aliphatic carbocycles. The molecular weight excluding hydrogens is 374 g/mol. The highest BCUT2D eigenvalue weighted by atomic mass is 16.5. The first kappa shape index (κ1) is 18.8. The number of ether oxygens (including phenoxy) is 1. The first-order chi connectivity index (χ1) is 14.6. The van der Waals surface area contributed by atoms with E-state index in [2.05, 4.69) is 0 Å². The fraction of sp³-hybridized carbons (Fsp3) is 0.231. The summed E-state index contributed by atoms with van der Waals surface area (Å²) >= 11 is 0. The van der Waals surface area contributed by atoms with Gasteiger partial charge in [0, 0.05) is 17.9 Å². The number of benzene rings is 3. The highest BCUT2D eigenvalue weighted by Gasteiger charge is 2.59. The van der Waals surface area contributed by atoms with Crippen molar-refractivity contribution in [1.29, 1.82) is 0 Å². The van der Waals surface area contributed by atoms with Crippen molar-refractivity contribution in [1.82, 2.24) is 0 Å². The van der Waals surface area contributed by atoms with E-state index in [4.69, 9.17) is 4.74 Å². The first-order valence-corrected chi connectivity index (χ1v) is 10.3. The molecule has 2 heterocycles. The molecule has 3 aromatic rings. The van der Waals surface area contributed by atoms with Crippen molar-refractivity contribution in [3.05, 3.63) is 101 Å². The van der Waals surface area contributed by atoms with Gasteiger partial charge in [0.05, 0.1) is 18.8 Å². The number of hydrogen-bond donors (Lipinski definition) is 0. The van der Waals surface area contributed by atoms with Crippen molar-refractivity contribution in [2.45, 2.75) is 38.0 Å². The van der Waals surface area contributed by atoms with Crippen molar-refractivity contribution in [2.24, 2.45) is 0 Å². The fourth-order valence-electron chi connectivity index (χ4n) is 4.91. The maximum absolute atomic E-state index is 14.0. The Kier molecular flexibility index (Phi) is 4.52. The van der Waals surface area contributed by atoms with Crippen molar-refractivity contribution in [2.75, 3.05) is 4.90 Å². The van der Waals surface area contributed by atoms with Gasteiger partial charge in [-0.05, 0) is 29.7 Å². The van der Waals surface area contributed by atoms with Gasteiger partial charge in [-0.25, -0.2) is 0 Å². The maximum Gasteiger partial charge on any atom is 0.264 e. The van der Waals surface area contributed by atoms with Gasteiger partial charge in [0.2, 0.25) is 0 Å². The minimum Gasteiger partial charge on any atom is -0.355 e. The third-order valence-electron chi connectivity index (χ3n) is 6.21. The Bertz CT molecular complexity index is 1120. The number of rotatable bonds is 4. The zero-order valence-electron chi connectivity index (χ0n) is 16.9. The molecule has 150 valence electrons. The molecule has 0 unspecified atom stereocenters. The number of carbonyl (C=O) groups is 2. The van der Waals surface area contributed by atoms with Crippen LogP contribution in [0.4, 0.5) is 5.69 Å². The van der Waals surface area contributed by atoms with E-state index in [1.807, 2.05) is 83.8 Å². The van der Waals surface area contributed by atoms with Crippen LogP contribution in [-0.2, 0) is 33.1 Å². The van der Waals surface area contributed by atoms with E-state index in [9.17, 15) is 9.59 Å². The number of hydrogen-bond acceptors (Lipinski definition) is 3. The lowest BCUT2D eigenvalue weighted by atomic mass is 9.72. The highest BCUT2D eigenvalue weighted by molar-refractivity contribution is 6.08. The Hall–Kier alpha value is -3.24. The van der Waals surface area contributed by atoms with Crippen LogP contribution >= 0.6 is 0 Å². The molecule has 4 heteroatoms. The topological polar surface area (TPSA) is 46.6 Å². The SMILES string of the molecule is CC(=O)C[C@@H]1c2ccccc2CO[C@@]12C(=O)N(Cc1ccccc1)c1ccccc12. The van der Waals surface area contributed by atoms with Gasteiger partial charge in [0.25, 0.3) is 5.91 Å². The maximum atomic E-state index is 14.0. The van der Waals surface area contributed by atoms with Crippen LogP contribution in [-0.4, -0.2) is 11.7 Å². The first-order valence-electron chi connectivity index (χ1n) is 10.3. The van der Waals surface area contributed by atoms with Gasteiger partial charge in [0.15, 0.2) is 5.60 Å². The van der Waals surface area contributed by atoms with Crippen LogP contribution in [0.15, 0.2) is 78.9 Å². The van der Waals surface area contributed by atoms with Gasteiger partial charge in [-0.3, -0.25) is 4.79 Å². The van der Waals surface area contributed by atoms with E-state index in [0.29, 0.717) is 13.2 Å². The summed E-state index contributed by atoms with van der Waals surface area (Å²) in [6.45, 7) is 2.40. The number of nitrogens with zero attached hydrogens (tertiary/aromatic N) is 1. The second-order valence-corrected chi connectivity index (χ2v) is 8.08. The van der Waals surface area contributed by atoms with Crippen molar-refractivity contribution in [3.8, 4) is 0 Å². The summed E-state index contributed by atoms with van der Waals surface area (Å²) < 4.78 is 6.43. The summed E-state index contributed by atoms with van der Waals surface area (Å²) in [6, 6.07) is 25.8. The van der Waals surface area contributed by atoms with Crippen LogP contribution in [0.25, 0.3) is 0 Å². The van der Waals surface area contributed by atoms with Crippen LogP contribution in [0.1, 0.15) is 41.5 Å².